The highest BCUT2D eigenvalue weighted by Crippen LogP contribution is 2.35. The number of hydrogen-bond acceptors (Lipinski definition) is 3. The first kappa shape index (κ1) is 14.6. The topological polar surface area (TPSA) is 55.6 Å². The van der Waals surface area contributed by atoms with Gasteiger partial charge in [-0.1, -0.05) is 24.3 Å². The lowest BCUT2D eigenvalue weighted by Crippen LogP contribution is -2.26. The molecule has 2 N–H and O–H groups in total. The zero-order chi connectivity index (χ0) is 15.5. The Kier molecular flexibility index (Phi) is 4.11. The van der Waals surface area contributed by atoms with Gasteiger partial charge in [0, 0.05) is 13.0 Å². The monoisotopic (exact) mass is 296 g/mol. The zero-order valence-corrected chi connectivity index (χ0v) is 12.7. The largest absolute Gasteiger partial charge is 0.455 e. The summed E-state index contributed by atoms with van der Waals surface area (Å²) in [6.07, 6.45) is 0.509. The maximum atomic E-state index is 12.2. The van der Waals surface area contributed by atoms with E-state index in [1.165, 1.54) is 0 Å². The maximum Gasteiger partial charge on any atom is 0.227 e. The molecule has 3 rings (SSSR count). The summed E-state index contributed by atoms with van der Waals surface area (Å²) in [7, 11) is 0. The molecule has 2 aromatic carbocycles. The lowest BCUT2D eigenvalue weighted by molar-refractivity contribution is -0.117. The molecule has 2 aromatic rings. The SMILES string of the molecule is Cc1cccc(Oc2ccccc2N2CC(CN)CC2=O)c1. The van der Waals surface area contributed by atoms with Crippen LogP contribution in [-0.4, -0.2) is 19.0 Å². The molecule has 1 saturated heterocycles. The van der Waals surface area contributed by atoms with Crippen LogP contribution in [0.15, 0.2) is 48.5 Å². The van der Waals surface area contributed by atoms with E-state index in [0.717, 1.165) is 17.0 Å². The number of anilines is 1. The number of nitrogens with zero attached hydrogens (tertiary/aromatic N) is 1. The molecule has 0 aliphatic carbocycles. The van der Waals surface area contributed by atoms with Gasteiger partial charge in [0.1, 0.15) is 5.75 Å². The van der Waals surface area contributed by atoms with Crippen molar-refractivity contribution in [2.45, 2.75) is 13.3 Å². The zero-order valence-electron chi connectivity index (χ0n) is 12.7. The number of hydrogen-bond donors (Lipinski definition) is 1. The van der Waals surface area contributed by atoms with Crippen molar-refractivity contribution in [1.29, 1.82) is 0 Å². The predicted molar refractivity (Wildman–Crippen MR) is 87.2 cm³/mol. The third-order valence-corrected chi connectivity index (χ3v) is 3.91. The van der Waals surface area contributed by atoms with E-state index >= 15 is 0 Å². The van der Waals surface area contributed by atoms with Crippen LogP contribution in [0.5, 0.6) is 11.5 Å². The van der Waals surface area contributed by atoms with Gasteiger partial charge >= 0.3 is 0 Å². The summed E-state index contributed by atoms with van der Waals surface area (Å²) in [5.41, 5.74) is 7.65. The minimum atomic E-state index is 0.107. The second-order valence-electron chi connectivity index (χ2n) is 5.70. The molecule has 1 fully saturated rings. The van der Waals surface area contributed by atoms with Gasteiger partial charge in [0.15, 0.2) is 5.75 Å². The Hall–Kier alpha value is -2.33. The number of nitrogens with two attached hydrogens (primary N) is 1. The van der Waals surface area contributed by atoms with E-state index in [1.54, 1.807) is 4.90 Å². The predicted octanol–water partition coefficient (Wildman–Crippen LogP) is 3.10. The molecule has 0 saturated carbocycles. The van der Waals surface area contributed by atoms with Gasteiger partial charge in [-0.15, -0.1) is 0 Å². The normalized spacial score (nSPS) is 17.8. The minimum absolute atomic E-state index is 0.107. The molecule has 1 aliphatic rings. The van der Waals surface area contributed by atoms with Gasteiger partial charge in [-0.05, 0) is 49.2 Å². The van der Waals surface area contributed by atoms with Crippen molar-refractivity contribution in [2.24, 2.45) is 11.7 Å². The standard InChI is InChI=1S/C18H20N2O2/c1-13-5-4-6-15(9-13)22-17-8-3-2-7-16(17)20-12-14(11-19)10-18(20)21/h2-9,14H,10-12,19H2,1H3. The Morgan fingerprint density at radius 3 is 2.77 bits per heavy atom. The second kappa shape index (κ2) is 6.20. The van der Waals surface area contributed by atoms with Crippen molar-refractivity contribution in [1.82, 2.24) is 0 Å². The average molecular weight is 296 g/mol. The Balaban J connectivity index is 1.89. The van der Waals surface area contributed by atoms with Crippen LogP contribution in [0, 0.1) is 12.8 Å². The highest BCUT2D eigenvalue weighted by atomic mass is 16.5. The van der Waals surface area contributed by atoms with E-state index in [9.17, 15) is 4.79 Å². The molecule has 1 atom stereocenters. The molecule has 1 heterocycles. The number of carbonyl (C=O) groups excluding carboxylic acids is 1. The van der Waals surface area contributed by atoms with Gasteiger partial charge in [0.2, 0.25) is 5.91 Å². The van der Waals surface area contributed by atoms with E-state index in [1.807, 2.05) is 55.5 Å². The van der Waals surface area contributed by atoms with Crippen molar-refractivity contribution in [3.05, 3.63) is 54.1 Å². The van der Waals surface area contributed by atoms with Crippen LogP contribution in [0.3, 0.4) is 0 Å². The van der Waals surface area contributed by atoms with Crippen LogP contribution in [-0.2, 0) is 4.79 Å². The summed E-state index contributed by atoms with van der Waals surface area (Å²) in [6, 6.07) is 15.5. The van der Waals surface area contributed by atoms with Crippen LogP contribution < -0.4 is 15.4 Å². The lowest BCUT2D eigenvalue weighted by Gasteiger charge is -2.20. The first-order valence-electron chi connectivity index (χ1n) is 7.51. The third kappa shape index (κ3) is 2.97. The molecule has 0 spiro atoms. The van der Waals surface area contributed by atoms with Crippen molar-refractivity contribution in [2.75, 3.05) is 18.0 Å². The molecule has 1 unspecified atom stereocenters. The van der Waals surface area contributed by atoms with Crippen molar-refractivity contribution < 1.29 is 9.53 Å². The van der Waals surface area contributed by atoms with E-state index < -0.39 is 0 Å². The number of aryl methyl sites for hydroxylation is 1. The highest BCUT2D eigenvalue weighted by molar-refractivity contribution is 5.97. The lowest BCUT2D eigenvalue weighted by atomic mass is 10.1. The van der Waals surface area contributed by atoms with E-state index in [0.29, 0.717) is 25.3 Å². The molecule has 1 amide bonds. The Morgan fingerprint density at radius 2 is 2.05 bits per heavy atom. The molecule has 4 nitrogen and oxygen atoms in total. The maximum absolute atomic E-state index is 12.2. The van der Waals surface area contributed by atoms with Crippen molar-refractivity contribution >= 4 is 11.6 Å². The molecule has 1 aliphatic heterocycles. The summed E-state index contributed by atoms with van der Waals surface area (Å²) >= 11 is 0. The average Bonchev–Trinajstić information content (AvgIpc) is 2.89. The van der Waals surface area contributed by atoms with Crippen LogP contribution in [0.1, 0.15) is 12.0 Å². The number of ether oxygens (including phenoxy) is 1. The number of carbonyl (C=O) groups is 1. The van der Waals surface area contributed by atoms with Crippen molar-refractivity contribution in [3.63, 3.8) is 0 Å². The first-order chi connectivity index (χ1) is 10.7. The summed E-state index contributed by atoms with van der Waals surface area (Å²) in [5, 5.41) is 0. The fourth-order valence-corrected chi connectivity index (χ4v) is 2.74. The van der Waals surface area contributed by atoms with E-state index in [4.69, 9.17) is 10.5 Å². The minimum Gasteiger partial charge on any atom is -0.455 e. The van der Waals surface area contributed by atoms with Gasteiger partial charge in [0.05, 0.1) is 5.69 Å². The molecule has 114 valence electrons. The van der Waals surface area contributed by atoms with Crippen molar-refractivity contribution in [3.8, 4) is 11.5 Å². The van der Waals surface area contributed by atoms with E-state index in [2.05, 4.69) is 0 Å². The molecule has 4 heteroatoms. The van der Waals surface area contributed by atoms with Crippen LogP contribution >= 0.6 is 0 Å². The van der Waals surface area contributed by atoms with Gasteiger partial charge in [-0.3, -0.25) is 4.79 Å². The molecular formula is C18H20N2O2. The molecule has 0 bridgehead atoms. The fraction of sp³-hybridized carbons (Fsp3) is 0.278. The van der Waals surface area contributed by atoms with Crippen LogP contribution in [0.25, 0.3) is 0 Å². The Bertz CT molecular complexity index is 684. The summed E-state index contributed by atoms with van der Waals surface area (Å²) in [6.45, 7) is 3.21. The van der Waals surface area contributed by atoms with Crippen LogP contribution in [0.2, 0.25) is 0 Å². The number of amides is 1. The highest BCUT2D eigenvalue weighted by Gasteiger charge is 2.31. The smallest absolute Gasteiger partial charge is 0.227 e. The molecular weight excluding hydrogens is 276 g/mol. The summed E-state index contributed by atoms with van der Waals surface area (Å²) in [5.74, 6) is 1.80. The molecule has 0 aromatic heterocycles. The third-order valence-electron chi connectivity index (χ3n) is 3.91. The van der Waals surface area contributed by atoms with Gasteiger partial charge in [0.25, 0.3) is 0 Å². The van der Waals surface area contributed by atoms with Gasteiger partial charge in [-0.2, -0.15) is 0 Å². The number of para-hydroxylation sites is 2. The molecule has 0 radical (unpaired) electrons. The van der Waals surface area contributed by atoms with Crippen LogP contribution in [0.4, 0.5) is 5.69 Å². The van der Waals surface area contributed by atoms with Gasteiger partial charge < -0.3 is 15.4 Å². The second-order valence-corrected chi connectivity index (χ2v) is 5.70. The quantitative estimate of drug-likeness (QED) is 0.943. The Morgan fingerprint density at radius 1 is 1.23 bits per heavy atom. The Labute approximate surface area is 130 Å². The summed E-state index contributed by atoms with van der Waals surface area (Å²) < 4.78 is 5.99. The fourth-order valence-electron chi connectivity index (χ4n) is 2.74. The summed E-state index contributed by atoms with van der Waals surface area (Å²) in [4.78, 5) is 14.0. The van der Waals surface area contributed by atoms with E-state index in [-0.39, 0.29) is 11.8 Å². The van der Waals surface area contributed by atoms with Gasteiger partial charge in [-0.25, -0.2) is 0 Å². The number of rotatable bonds is 4. The first-order valence-corrected chi connectivity index (χ1v) is 7.51. The molecule has 22 heavy (non-hydrogen) atoms. The number of benzene rings is 2.